The van der Waals surface area contributed by atoms with Crippen molar-refractivity contribution in [1.29, 1.82) is 0 Å². The quantitative estimate of drug-likeness (QED) is 0.180. The Hall–Kier alpha value is -5.01. The summed E-state index contributed by atoms with van der Waals surface area (Å²) >= 11 is 0. The predicted molar refractivity (Wildman–Crippen MR) is 175 cm³/mol. The van der Waals surface area contributed by atoms with E-state index in [4.69, 9.17) is 9.97 Å². The number of hydrogen-bond donors (Lipinski definition) is 3. The van der Waals surface area contributed by atoms with Crippen molar-refractivity contribution in [3.05, 3.63) is 101 Å². The molecule has 0 aliphatic carbocycles. The van der Waals surface area contributed by atoms with E-state index in [-0.39, 0.29) is 5.91 Å². The molecule has 7 nitrogen and oxygen atoms in total. The van der Waals surface area contributed by atoms with Crippen LogP contribution in [-0.2, 0) is 11.2 Å². The average molecular weight is 555 g/mol. The molecule has 42 heavy (non-hydrogen) atoms. The van der Waals surface area contributed by atoms with Crippen LogP contribution in [0.3, 0.4) is 0 Å². The topological polar surface area (TPSA) is 89.7 Å². The zero-order valence-corrected chi connectivity index (χ0v) is 24.2. The molecule has 2 aliphatic heterocycles. The molecule has 1 aromatic carbocycles. The molecule has 2 aliphatic rings. The van der Waals surface area contributed by atoms with Crippen molar-refractivity contribution in [3.8, 4) is 11.1 Å². The van der Waals surface area contributed by atoms with Crippen LogP contribution in [0.15, 0.2) is 72.8 Å². The number of fused-ring (bicyclic) bond motifs is 8. The van der Waals surface area contributed by atoms with Gasteiger partial charge in [0.2, 0.25) is 0 Å². The molecule has 0 atom stereocenters. The van der Waals surface area contributed by atoms with Crippen molar-refractivity contribution >= 4 is 58.0 Å². The number of H-pyrrole nitrogens is 2. The van der Waals surface area contributed by atoms with Gasteiger partial charge < -0.3 is 20.2 Å². The number of nitrogens with zero attached hydrogens (tertiary/aromatic N) is 3. The number of aromatic nitrogens is 4. The van der Waals surface area contributed by atoms with Gasteiger partial charge >= 0.3 is 0 Å². The van der Waals surface area contributed by atoms with Crippen LogP contribution in [0.2, 0.25) is 0 Å². The highest BCUT2D eigenvalue weighted by molar-refractivity contribution is 6.07. The SMILES string of the molecule is C=C(C)C(=O)Nc1c(CCCN(C)C)cccc1-c1cc2cc3nc(cc4ccc(cc5nc(cc1[nH]2)C=C5)[nH]4)C=C3. The first-order valence-electron chi connectivity index (χ1n) is 14.1. The number of benzene rings is 1. The summed E-state index contributed by atoms with van der Waals surface area (Å²) in [7, 11) is 4.15. The van der Waals surface area contributed by atoms with Gasteiger partial charge in [-0.15, -0.1) is 0 Å². The molecule has 6 rings (SSSR count). The second kappa shape index (κ2) is 11.5. The number of rotatable bonds is 7. The highest BCUT2D eigenvalue weighted by atomic mass is 16.1. The molecule has 0 unspecified atom stereocenters. The van der Waals surface area contributed by atoms with Crippen molar-refractivity contribution in [2.24, 2.45) is 0 Å². The zero-order valence-electron chi connectivity index (χ0n) is 24.2. The van der Waals surface area contributed by atoms with Gasteiger partial charge in [0.05, 0.1) is 28.5 Å². The van der Waals surface area contributed by atoms with E-state index in [1.807, 2.05) is 54.6 Å². The highest BCUT2D eigenvalue weighted by Gasteiger charge is 2.16. The molecule has 0 saturated heterocycles. The molecule has 1 amide bonds. The van der Waals surface area contributed by atoms with Gasteiger partial charge in [-0.1, -0.05) is 24.8 Å². The van der Waals surface area contributed by atoms with E-state index in [0.29, 0.717) is 5.57 Å². The maximum atomic E-state index is 12.9. The van der Waals surface area contributed by atoms with Crippen molar-refractivity contribution in [1.82, 2.24) is 24.8 Å². The molecular weight excluding hydrogens is 520 g/mol. The van der Waals surface area contributed by atoms with E-state index in [0.717, 1.165) is 86.6 Å². The fourth-order valence-corrected chi connectivity index (χ4v) is 5.23. The van der Waals surface area contributed by atoms with Crippen LogP contribution in [0.4, 0.5) is 5.69 Å². The molecule has 0 fully saturated rings. The highest BCUT2D eigenvalue weighted by Crippen LogP contribution is 2.36. The van der Waals surface area contributed by atoms with Gasteiger partial charge in [-0.2, -0.15) is 0 Å². The van der Waals surface area contributed by atoms with Gasteiger partial charge in [-0.3, -0.25) is 4.79 Å². The number of carbonyl (C=O) groups excluding carboxylic acids is 1. The van der Waals surface area contributed by atoms with Crippen LogP contribution in [0.25, 0.3) is 57.5 Å². The summed E-state index contributed by atoms with van der Waals surface area (Å²) in [6, 6.07) is 20.6. The molecule has 7 heteroatoms. The summed E-state index contributed by atoms with van der Waals surface area (Å²) < 4.78 is 0. The molecule has 3 N–H and O–H groups in total. The van der Waals surface area contributed by atoms with Crippen LogP contribution in [0, 0.1) is 0 Å². The monoisotopic (exact) mass is 554 g/mol. The summed E-state index contributed by atoms with van der Waals surface area (Å²) in [5.74, 6) is -0.190. The molecule has 0 radical (unpaired) electrons. The number of aryl methyl sites for hydroxylation is 1. The standard InChI is InChI=1S/C35H34N6O/c1-22(2)35(42)40-34-23(8-6-16-41(3)4)7-5-9-31(34)32-20-30-19-28-13-12-26(37-28)17-24-10-11-25(36-24)18-27-14-15-29(38-27)21-33(32)39-30/h5,7,9-15,17-21,36,39H,1,6,8,16H2,2-4H3,(H,40,42). The first kappa shape index (κ1) is 27.2. The normalized spacial score (nSPS) is 12.2. The fraction of sp³-hybridized carbons (Fsp3) is 0.171. The first-order chi connectivity index (χ1) is 20.3. The summed E-state index contributed by atoms with van der Waals surface area (Å²) in [6.45, 7) is 6.55. The smallest absolute Gasteiger partial charge is 0.250 e. The van der Waals surface area contributed by atoms with Gasteiger partial charge in [0.15, 0.2) is 0 Å². The van der Waals surface area contributed by atoms with Crippen LogP contribution in [-0.4, -0.2) is 51.4 Å². The van der Waals surface area contributed by atoms with Gasteiger partial charge in [-0.25, -0.2) is 9.97 Å². The minimum atomic E-state index is -0.190. The third-order valence-corrected chi connectivity index (χ3v) is 7.29. The second-order valence-corrected chi connectivity index (χ2v) is 11.1. The lowest BCUT2D eigenvalue weighted by Crippen LogP contribution is -2.16. The Morgan fingerprint density at radius 2 is 1.43 bits per heavy atom. The maximum Gasteiger partial charge on any atom is 0.250 e. The Morgan fingerprint density at radius 1 is 0.810 bits per heavy atom. The van der Waals surface area contributed by atoms with Gasteiger partial charge in [0.25, 0.3) is 5.91 Å². The minimum absolute atomic E-state index is 0.190. The van der Waals surface area contributed by atoms with Crippen molar-refractivity contribution < 1.29 is 4.79 Å². The summed E-state index contributed by atoms with van der Waals surface area (Å²) in [6.07, 6.45) is 9.86. The van der Waals surface area contributed by atoms with E-state index in [2.05, 4.69) is 71.2 Å². The summed E-state index contributed by atoms with van der Waals surface area (Å²) in [5, 5.41) is 3.17. The van der Waals surface area contributed by atoms with E-state index >= 15 is 0 Å². The second-order valence-electron chi connectivity index (χ2n) is 11.1. The lowest BCUT2D eigenvalue weighted by Gasteiger charge is -2.17. The Bertz CT molecular complexity index is 1920. The van der Waals surface area contributed by atoms with Gasteiger partial charge in [-0.05, 0) is 113 Å². The number of aromatic amines is 2. The average Bonchev–Trinajstić information content (AvgIpc) is 3.75. The summed E-state index contributed by atoms with van der Waals surface area (Å²) in [5.41, 5.74) is 11.5. The number of anilines is 1. The Morgan fingerprint density at radius 3 is 2.05 bits per heavy atom. The molecule has 0 saturated carbocycles. The van der Waals surface area contributed by atoms with Gasteiger partial charge in [0, 0.05) is 38.8 Å². The van der Waals surface area contributed by atoms with Crippen LogP contribution < -0.4 is 5.32 Å². The number of nitrogens with one attached hydrogen (secondary N) is 3. The largest absolute Gasteiger partial charge is 0.355 e. The van der Waals surface area contributed by atoms with E-state index in [1.165, 1.54) is 0 Å². The Kier molecular flexibility index (Phi) is 7.42. The lowest BCUT2D eigenvalue weighted by atomic mass is 9.97. The lowest BCUT2D eigenvalue weighted by molar-refractivity contribution is -0.112. The van der Waals surface area contributed by atoms with Crippen molar-refractivity contribution in [2.45, 2.75) is 19.8 Å². The van der Waals surface area contributed by atoms with Crippen LogP contribution in [0.5, 0.6) is 0 Å². The molecule has 8 bridgehead atoms. The molecular formula is C35H34N6O. The Labute approximate surface area is 245 Å². The summed E-state index contributed by atoms with van der Waals surface area (Å²) in [4.78, 5) is 31.8. The fourth-order valence-electron chi connectivity index (χ4n) is 5.23. The number of para-hydroxylation sites is 1. The van der Waals surface area contributed by atoms with Gasteiger partial charge in [0.1, 0.15) is 0 Å². The minimum Gasteiger partial charge on any atom is -0.355 e. The van der Waals surface area contributed by atoms with Crippen molar-refractivity contribution in [3.63, 3.8) is 0 Å². The molecule has 0 spiro atoms. The number of carbonyl (C=O) groups is 1. The zero-order chi connectivity index (χ0) is 29.2. The van der Waals surface area contributed by atoms with E-state index < -0.39 is 0 Å². The van der Waals surface area contributed by atoms with E-state index in [1.54, 1.807) is 6.92 Å². The molecule has 5 heterocycles. The maximum absolute atomic E-state index is 12.9. The van der Waals surface area contributed by atoms with Crippen LogP contribution >= 0.6 is 0 Å². The van der Waals surface area contributed by atoms with E-state index in [9.17, 15) is 4.79 Å². The number of amides is 1. The predicted octanol–water partition coefficient (Wildman–Crippen LogP) is 7.33. The third kappa shape index (κ3) is 6.01. The molecule has 4 aromatic rings. The Balaban J connectivity index is 1.58. The van der Waals surface area contributed by atoms with Crippen LogP contribution in [0.1, 0.15) is 41.7 Å². The molecule has 210 valence electrons. The molecule has 3 aromatic heterocycles. The number of hydrogen-bond acceptors (Lipinski definition) is 4. The first-order valence-corrected chi connectivity index (χ1v) is 14.1. The van der Waals surface area contributed by atoms with Crippen molar-refractivity contribution in [2.75, 3.05) is 26.0 Å². The third-order valence-electron chi connectivity index (χ3n) is 7.29.